The van der Waals surface area contributed by atoms with Crippen LogP contribution in [0.15, 0.2) is 0 Å². The summed E-state index contributed by atoms with van der Waals surface area (Å²) in [7, 11) is 0. The summed E-state index contributed by atoms with van der Waals surface area (Å²) in [4.78, 5) is 2.57. The van der Waals surface area contributed by atoms with E-state index < -0.39 is 0 Å². The Morgan fingerprint density at radius 3 is 2.43 bits per heavy atom. The molecular formula is C12H23NO. The first-order chi connectivity index (χ1) is 6.72. The highest BCUT2D eigenvalue weighted by Crippen LogP contribution is 2.53. The van der Waals surface area contributed by atoms with E-state index in [1.807, 2.05) is 0 Å². The molecule has 0 aromatic heterocycles. The molecule has 1 aliphatic heterocycles. The molecule has 2 unspecified atom stereocenters. The highest BCUT2D eigenvalue weighted by atomic mass is 16.5. The SMILES string of the molecule is CCC1C2CN(CCOC(C)C)CC12. The third-order valence-corrected chi connectivity index (χ3v) is 3.78. The van der Waals surface area contributed by atoms with Crippen molar-refractivity contribution >= 4 is 0 Å². The first-order valence-corrected chi connectivity index (χ1v) is 6.06. The van der Waals surface area contributed by atoms with Gasteiger partial charge in [0.2, 0.25) is 0 Å². The molecule has 14 heavy (non-hydrogen) atoms. The molecule has 2 fully saturated rings. The maximum Gasteiger partial charge on any atom is 0.0596 e. The van der Waals surface area contributed by atoms with E-state index in [2.05, 4.69) is 25.7 Å². The van der Waals surface area contributed by atoms with Crippen LogP contribution in [0.25, 0.3) is 0 Å². The van der Waals surface area contributed by atoms with E-state index in [1.165, 1.54) is 19.5 Å². The Morgan fingerprint density at radius 1 is 1.29 bits per heavy atom. The maximum absolute atomic E-state index is 5.57. The van der Waals surface area contributed by atoms with Crippen LogP contribution in [0.4, 0.5) is 0 Å². The summed E-state index contributed by atoms with van der Waals surface area (Å²) >= 11 is 0. The third kappa shape index (κ3) is 2.12. The topological polar surface area (TPSA) is 12.5 Å². The number of ether oxygens (including phenoxy) is 1. The zero-order chi connectivity index (χ0) is 10.1. The Kier molecular flexibility index (Phi) is 3.13. The number of rotatable bonds is 5. The van der Waals surface area contributed by atoms with Crippen LogP contribution in [0.1, 0.15) is 27.2 Å². The van der Waals surface area contributed by atoms with Gasteiger partial charge in [-0.25, -0.2) is 0 Å². The summed E-state index contributed by atoms with van der Waals surface area (Å²) < 4.78 is 5.57. The quantitative estimate of drug-likeness (QED) is 0.668. The molecule has 0 N–H and O–H groups in total. The molecule has 0 amide bonds. The van der Waals surface area contributed by atoms with Crippen LogP contribution in [-0.2, 0) is 4.74 Å². The largest absolute Gasteiger partial charge is 0.377 e. The highest BCUT2D eigenvalue weighted by Gasteiger charge is 2.53. The van der Waals surface area contributed by atoms with Gasteiger partial charge in [-0.1, -0.05) is 13.3 Å². The van der Waals surface area contributed by atoms with Crippen molar-refractivity contribution in [2.24, 2.45) is 17.8 Å². The van der Waals surface area contributed by atoms with Crippen LogP contribution in [0.5, 0.6) is 0 Å². The second-order valence-electron chi connectivity index (χ2n) is 5.08. The summed E-state index contributed by atoms with van der Waals surface area (Å²) in [6, 6.07) is 0. The van der Waals surface area contributed by atoms with Crippen molar-refractivity contribution in [2.45, 2.75) is 33.3 Å². The van der Waals surface area contributed by atoms with Crippen molar-refractivity contribution in [2.75, 3.05) is 26.2 Å². The lowest BCUT2D eigenvalue weighted by Gasteiger charge is -2.19. The van der Waals surface area contributed by atoms with Gasteiger partial charge in [0.15, 0.2) is 0 Å². The van der Waals surface area contributed by atoms with Crippen LogP contribution in [0.2, 0.25) is 0 Å². The van der Waals surface area contributed by atoms with Gasteiger partial charge < -0.3 is 9.64 Å². The van der Waals surface area contributed by atoms with E-state index in [0.29, 0.717) is 6.10 Å². The number of likely N-dealkylation sites (tertiary alicyclic amines) is 1. The number of hydrogen-bond donors (Lipinski definition) is 0. The van der Waals surface area contributed by atoms with Gasteiger partial charge in [0.25, 0.3) is 0 Å². The number of nitrogens with zero attached hydrogens (tertiary/aromatic N) is 1. The van der Waals surface area contributed by atoms with E-state index in [0.717, 1.165) is 30.9 Å². The van der Waals surface area contributed by atoms with Gasteiger partial charge in [0, 0.05) is 19.6 Å². The summed E-state index contributed by atoms with van der Waals surface area (Å²) in [6.45, 7) is 11.3. The Balaban J connectivity index is 1.59. The molecule has 0 bridgehead atoms. The molecule has 0 aromatic carbocycles. The van der Waals surface area contributed by atoms with Crippen molar-refractivity contribution < 1.29 is 4.74 Å². The first kappa shape index (κ1) is 10.4. The van der Waals surface area contributed by atoms with Crippen LogP contribution in [-0.4, -0.2) is 37.2 Å². The molecule has 0 spiro atoms. The van der Waals surface area contributed by atoms with Crippen molar-refractivity contribution in [3.05, 3.63) is 0 Å². The van der Waals surface area contributed by atoms with E-state index in [1.54, 1.807) is 0 Å². The average molecular weight is 197 g/mol. The second kappa shape index (κ2) is 4.19. The summed E-state index contributed by atoms with van der Waals surface area (Å²) in [6.07, 6.45) is 1.78. The van der Waals surface area contributed by atoms with Crippen molar-refractivity contribution in [1.29, 1.82) is 0 Å². The molecule has 1 heterocycles. The Bertz CT molecular complexity index is 181. The van der Waals surface area contributed by atoms with Crippen LogP contribution in [0.3, 0.4) is 0 Å². The average Bonchev–Trinajstić information content (AvgIpc) is 2.60. The lowest BCUT2D eigenvalue weighted by atomic mass is 10.2. The molecule has 2 nitrogen and oxygen atoms in total. The van der Waals surface area contributed by atoms with Crippen molar-refractivity contribution in [3.63, 3.8) is 0 Å². The fourth-order valence-electron chi connectivity index (χ4n) is 2.94. The molecule has 82 valence electrons. The Morgan fingerprint density at radius 2 is 1.93 bits per heavy atom. The monoisotopic (exact) mass is 197 g/mol. The van der Waals surface area contributed by atoms with E-state index in [4.69, 9.17) is 4.74 Å². The zero-order valence-electron chi connectivity index (χ0n) is 9.70. The Hall–Kier alpha value is -0.0800. The van der Waals surface area contributed by atoms with Crippen LogP contribution >= 0.6 is 0 Å². The first-order valence-electron chi connectivity index (χ1n) is 6.06. The van der Waals surface area contributed by atoms with Gasteiger partial charge in [0.05, 0.1) is 12.7 Å². The Labute approximate surface area is 87.6 Å². The second-order valence-corrected chi connectivity index (χ2v) is 5.08. The van der Waals surface area contributed by atoms with Gasteiger partial charge in [-0.15, -0.1) is 0 Å². The van der Waals surface area contributed by atoms with E-state index >= 15 is 0 Å². The molecule has 2 atom stereocenters. The van der Waals surface area contributed by atoms with E-state index in [9.17, 15) is 0 Å². The molecule has 0 aromatic rings. The molecular weight excluding hydrogens is 174 g/mol. The van der Waals surface area contributed by atoms with Gasteiger partial charge in [-0.3, -0.25) is 0 Å². The minimum Gasteiger partial charge on any atom is -0.377 e. The van der Waals surface area contributed by atoms with Gasteiger partial charge in [0.1, 0.15) is 0 Å². The van der Waals surface area contributed by atoms with Gasteiger partial charge in [-0.2, -0.15) is 0 Å². The third-order valence-electron chi connectivity index (χ3n) is 3.78. The minimum atomic E-state index is 0.385. The molecule has 0 radical (unpaired) electrons. The van der Waals surface area contributed by atoms with Gasteiger partial charge >= 0.3 is 0 Å². The number of hydrogen-bond acceptors (Lipinski definition) is 2. The zero-order valence-corrected chi connectivity index (χ0v) is 9.70. The fourth-order valence-corrected chi connectivity index (χ4v) is 2.94. The molecule has 2 heteroatoms. The lowest BCUT2D eigenvalue weighted by Crippen LogP contribution is -2.29. The normalized spacial score (nSPS) is 36.4. The smallest absolute Gasteiger partial charge is 0.0596 e. The van der Waals surface area contributed by atoms with Crippen molar-refractivity contribution in [1.82, 2.24) is 4.90 Å². The van der Waals surface area contributed by atoms with Gasteiger partial charge in [-0.05, 0) is 31.6 Å². The fraction of sp³-hybridized carbons (Fsp3) is 1.00. The predicted molar refractivity (Wildman–Crippen MR) is 58.3 cm³/mol. The van der Waals surface area contributed by atoms with Crippen LogP contribution in [0, 0.1) is 17.8 Å². The number of piperidine rings is 1. The van der Waals surface area contributed by atoms with Crippen LogP contribution < -0.4 is 0 Å². The number of fused-ring (bicyclic) bond motifs is 1. The summed E-state index contributed by atoms with van der Waals surface area (Å²) in [5.41, 5.74) is 0. The van der Waals surface area contributed by atoms with E-state index in [-0.39, 0.29) is 0 Å². The molecule has 1 saturated heterocycles. The summed E-state index contributed by atoms with van der Waals surface area (Å²) in [5, 5.41) is 0. The lowest BCUT2D eigenvalue weighted by molar-refractivity contribution is 0.0605. The standard InChI is InChI=1S/C12H23NO/c1-4-10-11-7-13(8-12(10)11)5-6-14-9(2)3/h9-12H,4-8H2,1-3H3. The van der Waals surface area contributed by atoms with Crippen molar-refractivity contribution in [3.8, 4) is 0 Å². The molecule has 2 aliphatic rings. The summed E-state index contributed by atoms with van der Waals surface area (Å²) in [5.74, 6) is 3.15. The molecule has 1 aliphatic carbocycles. The predicted octanol–water partition coefficient (Wildman–Crippen LogP) is 2.00. The molecule has 1 saturated carbocycles. The molecule has 2 rings (SSSR count). The minimum absolute atomic E-state index is 0.385. The maximum atomic E-state index is 5.57. The highest BCUT2D eigenvalue weighted by molar-refractivity contribution is 5.04.